The third kappa shape index (κ3) is 3.15. The summed E-state index contributed by atoms with van der Waals surface area (Å²) in [6.07, 6.45) is 2.48. The van der Waals surface area contributed by atoms with Gasteiger partial charge in [-0.3, -0.25) is 4.79 Å². The van der Waals surface area contributed by atoms with E-state index >= 15 is 0 Å². The lowest BCUT2D eigenvalue weighted by atomic mass is 10.1. The van der Waals surface area contributed by atoms with Crippen molar-refractivity contribution in [3.8, 4) is 0 Å². The van der Waals surface area contributed by atoms with Crippen LogP contribution < -0.4 is 0 Å². The van der Waals surface area contributed by atoms with Crippen molar-refractivity contribution in [1.29, 1.82) is 0 Å². The molecule has 0 N–H and O–H groups in total. The lowest BCUT2D eigenvalue weighted by Crippen LogP contribution is -2.15. The molecule has 0 saturated carbocycles. The largest absolute Gasteiger partial charge is 0.451 e. The Morgan fingerprint density at radius 3 is 2.58 bits per heavy atom. The van der Waals surface area contributed by atoms with Gasteiger partial charge < -0.3 is 4.74 Å². The van der Waals surface area contributed by atoms with Crippen LogP contribution in [-0.2, 0) is 11.2 Å². The first-order valence-corrected chi connectivity index (χ1v) is 7.56. The minimum atomic E-state index is -0.751. The smallest absolute Gasteiger partial charge is 0.378 e. The summed E-state index contributed by atoms with van der Waals surface area (Å²) < 4.78 is 6.46. The molecule has 0 fully saturated rings. The average molecular weight is 324 g/mol. The maximum Gasteiger partial charge on any atom is 0.378 e. The number of hydrogen-bond donors (Lipinski definition) is 0. The maximum atomic E-state index is 12.1. The topological polar surface area (TPSA) is 86.5 Å². The summed E-state index contributed by atoms with van der Waals surface area (Å²) in [5.41, 5.74) is 2.43. The molecule has 0 bridgehead atoms. The molecular weight excluding hydrogens is 308 g/mol. The summed E-state index contributed by atoms with van der Waals surface area (Å²) in [6.45, 7) is 3.51. The molecule has 0 aliphatic carbocycles. The van der Waals surface area contributed by atoms with E-state index in [1.807, 2.05) is 26.0 Å². The fourth-order valence-electron chi connectivity index (χ4n) is 2.20. The third-order valence-corrected chi connectivity index (χ3v) is 3.63. The predicted molar refractivity (Wildman–Crippen MR) is 86.0 cm³/mol. The lowest BCUT2D eigenvalue weighted by molar-refractivity contribution is 0.0463. The second kappa shape index (κ2) is 6.57. The number of hydrogen-bond acceptors (Lipinski definition) is 6. The molecule has 3 aromatic rings. The Kier molecular flexibility index (Phi) is 4.33. The standard InChI is InChI=1S/C17H16N4O3/c1-3-12-4-6-13(7-5-12)14(22)10-24-16(23)15-19-17-18-9-8-11(2)21(17)20-15/h4-9H,3,10H2,1-2H3. The number of carbonyl (C=O) groups excluding carboxylic acids is 2. The van der Waals surface area contributed by atoms with Crippen LogP contribution in [0.5, 0.6) is 0 Å². The minimum absolute atomic E-state index is 0.120. The van der Waals surface area contributed by atoms with E-state index in [1.54, 1.807) is 24.4 Å². The Balaban J connectivity index is 1.67. The first-order valence-electron chi connectivity index (χ1n) is 7.56. The van der Waals surface area contributed by atoms with Gasteiger partial charge in [0.1, 0.15) is 0 Å². The fraction of sp³-hybridized carbons (Fsp3) is 0.235. The van der Waals surface area contributed by atoms with Crippen molar-refractivity contribution in [1.82, 2.24) is 19.6 Å². The lowest BCUT2D eigenvalue weighted by Gasteiger charge is -2.03. The van der Waals surface area contributed by atoms with Crippen LogP contribution in [0.2, 0.25) is 0 Å². The predicted octanol–water partition coefficient (Wildman–Crippen LogP) is 2.03. The third-order valence-electron chi connectivity index (χ3n) is 3.63. The molecule has 7 heteroatoms. The summed E-state index contributed by atoms with van der Waals surface area (Å²) in [6, 6.07) is 8.97. The van der Waals surface area contributed by atoms with Crippen molar-refractivity contribution in [3.63, 3.8) is 0 Å². The van der Waals surface area contributed by atoms with E-state index in [4.69, 9.17) is 4.74 Å². The molecule has 0 radical (unpaired) electrons. The van der Waals surface area contributed by atoms with Crippen LogP contribution in [0.1, 0.15) is 39.2 Å². The van der Waals surface area contributed by atoms with E-state index in [-0.39, 0.29) is 18.2 Å². The van der Waals surface area contributed by atoms with Gasteiger partial charge in [-0.05, 0) is 25.0 Å². The highest BCUT2D eigenvalue weighted by Crippen LogP contribution is 2.07. The van der Waals surface area contributed by atoms with Crippen LogP contribution in [0.3, 0.4) is 0 Å². The zero-order valence-corrected chi connectivity index (χ0v) is 13.4. The van der Waals surface area contributed by atoms with Gasteiger partial charge in [0.2, 0.25) is 0 Å². The quantitative estimate of drug-likeness (QED) is 0.527. The van der Waals surface area contributed by atoms with Crippen molar-refractivity contribution in [2.75, 3.05) is 6.61 Å². The van der Waals surface area contributed by atoms with Crippen molar-refractivity contribution in [3.05, 3.63) is 59.2 Å². The average Bonchev–Trinajstić information content (AvgIpc) is 3.05. The Labute approximate surface area is 138 Å². The highest BCUT2D eigenvalue weighted by atomic mass is 16.5. The number of carbonyl (C=O) groups is 2. The number of fused-ring (bicyclic) bond motifs is 1. The van der Waals surface area contributed by atoms with E-state index in [9.17, 15) is 9.59 Å². The number of esters is 1. The van der Waals surface area contributed by atoms with Gasteiger partial charge >= 0.3 is 5.97 Å². The molecule has 0 amide bonds. The molecule has 0 atom stereocenters. The van der Waals surface area contributed by atoms with E-state index in [0.717, 1.165) is 17.7 Å². The SMILES string of the molecule is CCc1ccc(C(=O)COC(=O)c2nc3nccc(C)n3n2)cc1. The van der Waals surface area contributed by atoms with Gasteiger partial charge in [0.25, 0.3) is 11.6 Å². The normalized spacial score (nSPS) is 10.8. The second-order valence-electron chi connectivity index (χ2n) is 5.28. The van der Waals surface area contributed by atoms with Gasteiger partial charge in [0.15, 0.2) is 12.4 Å². The summed E-state index contributed by atoms with van der Waals surface area (Å²) in [5.74, 6) is -0.836. The fourth-order valence-corrected chi connectivity index (χ4v) is 2.20. The highest BCUT2D eigenvalue weighted by molar-refractivity contribution is 5.98. The van der Waals surface area contributed by atoms with Crippen LogP contribution in [0.15, 0.2) is 36.5 Å². The molecular formula is C17H16N4O3. The number of Topliss-reactive ketones (excluding diaryl/α,β-unsaturated/α-hetero) is 1. The summed E-state index contributed by atoms with van der Waals surface area (Å²) in [5, 5.41) is 4.04. The Hall–Kier alpha value is -3.09. The molecule has 1 aromatic carbocycles. The van der Waals surface area contributed by atoms with Gasteiger partial charge in [-0.1, -0.05) is 31.2 Å². The molecule has 2 heterocycles. The van der Waals surface area contributed by atoms with Crippen LogP contribution in [0, 0.1) is 6.92 Å². The summed E-state index contributed by atoms with van der Waals surface area (Å²) >= 11 is 0. The molecule has 0 unspecified atom stereocenters. The Morgan fingerprint density at radius 1 is 1.17 bits per heavy atom. The minimum Gasteiger partial charge on any atom is -0.451 e. The van der Waals surface area contributed by atoms with Gasteiger partial charge in [-0.2, -0.15) is 4.98 Å². The summed E-state index contributed by atoms with van der Waals surface area (Å²) in [4.78, 5) is 32.1. The Morgan fingerprint density at radius 2 is 1.92 bits per heavy atom. The molecule has 2 aromatic heterocycles. The van der Waals surface area contributed by atoms with Gasteiger partial charge in [-0.15, -0.1) is 5.10 Å². The van der Waals surface area contributed by atoms with Crippen molar-refractivity contribution >= 4 is 17.5 Å². The van der Waals surface area contributed by atoms with Crippen LogP contribution in [0.25, 0.3) is 5.78 Å². The van der Waals surface area contributed by atoms with Crippen molar-refractivity contribution in [2.45, 2.75) is 20.3 Å². The van der Waals surface area contributed by atoms with E-state index in [1.165, 1.54) is 4.52 Å². The highest BCUT2D eigenvalue weighted by Gasteiger charge is 2.17. The molecule has 24 heavy (non-hydrogen) atoms. The van der Waals surface area contributed by atoms with Crippen LogP contribution in [-0.4, -0.2) is 37.9 Å². The molecule has 0 saturated heterocycles. The van der Waals surface area contributed by atoms with Gasteiger partial charge in [0.05, 0.1) is 0 Å². The van der Waals surface area contributed by atoms with E-state index in [2.05, 4.69) is 15.1 Å². The van der Waals surface area contributed by atoms with E-state index in [0.29, 0.717) is 11.3 Å². The zero-order valence-electron chi connectivity index (χ0n) is 13.4. The molecule has 122 valence electrons. The maximum absolute atomic E-state index is 12.1. The molecule has 0 aliphatic heterocycles. The number of nitrogens with zero attached hydrogens (tertiary/aromatic N) is 4. The number of aryl methyl sites for hydroxylation is 2. The number of ether oxygens (including phenoxy) is 1. The number of ketones is 1. The number of rotatable bonds is 5. The first-order chi connectivity index (χ1) is 11.6. The number of benzene rings is 1. The number of aromatic nitrogens is 4. The second-order valence-corrected chi connectivity index (χ2v) is 5.28. The molecule has 0 spiro atoms. The molecule has 7 nitrogen and oxygen atoms in total. The first kappa shape index (κ1) is 15.8. The van der Waals surface area contributed by atoms with Crippen molar-refractivity contribution in [2.24, 2.45) is 0 Å². The summed E-state index contributed by atoms with van der Waals surface area (Å²) in [7, 11) is 0. The zero-order chi connectivity index (χ0) is 17.1. The molecule has 0 aliphatic rings. The van der Waals surface area contributed by atoms with E-state index < -0.39 is 5.97 Å². The Bertz CT molecular complexity index is 900. The monoisotopic (exact) mass is 324 g/mol. The van der Waals surface area contributed by atoms with Crippen LogP contribution in [0.4, 0.5) is 0 Å². The van der Waals surface area contributed by atoms with Gasteiger partial charge in [0, 0.05) is 17.5 Å². The van der Waals surface area contributed by atoms with Crippen LogP contribution >= 0.6 is 0 Å². The van der Waals surface area contributed by atoms with Crippen molar-refractivity contribution < 1.29 is 14.3 Å². The molecule has 3 rings (SSSR count). The van der Waals surface area contributed by atoms with Gasteiger partial charge in [-0.25, -0.2) is 14.3 Å².